The molecule has 0 radical (unpaired) electrons. The normalized spacial score (nSPS) is 10.9. The molecule has 1 aromatic carbocycles. The Balaban J connectivity index is 2.78. The van der Waals surface area contributed by atoms with E-state index in [1.807, 2.05) is 5.43 Å². The fraction of sp³-hybridized carbons (Fsp3) is 0.100. The van der Waals surface area contributed by atoms with Crippen molar-refractivity contribution >= 4 is 17.6 Å². The second kappa shape index (κ2) is 4.92. The topological polar surface area (TPSA) is 99.0 Å². The van der Waals surface area contributed by atoms with Crippen LogP contribution in [0.25, 0.3) is 0 Å². The number of rotatable bonds is 3. The molecule has 0 saturated carbocycles. The lowest BCUT2D eigenvalue weighted by Crippen LogP contribution is -2.21. The van der Waals surface area contributed by atoms with E-state index in [1.165, 1.54) is 19.1 Å². The Bertz CT molecular complexity index is 454. The van der Waals surface area contributed by atoms with E-state index >= 15 is 0 Å². The summed E-state index contributed by atoms with van der Waals surface area (Å²) < 4.78 is 0. The zero-order chi connectivity index (χ0) is 12.1. The van der Waals surface area contributed by atoms with Crippen LogP contribution in [-0.4, -0.2) is 27.8 Å². The van der Waals surface area contributed by atoms with Crippen LogP contribution in [0.15, 0.2) is 29.4 Å². The summed E-state index contributed by atoms with van der Waals surface area (Å²) in [6, 6.07) is 5.89. The molecular formula is C10H10N2O4. The van der Waals surface area contributed by atoms with Gasteiger partial charge >= 0.3 is 5.97 Å². The van der Waals surface area contributed by atoms with Gasteiger partial charge < -0.3 is 10.2 Å². The number of aromatic hydroxyl groups is 1. The van der Waals surface area contributed by atoms with E-state index in [1.54, 1.807) is 12.1 Å². The molecule has 0 spiro atoms. The first-order valence-corrected chi connectivity index (χ1v) is 4.38. The van der Waals surface area contributed by atoms with Crippen molar-refractivity contribution in [2.24, 2.45) is 5.10 Å². The fourth-order valence-corrected chi connectivity index (χ4v) is 0.908. The third-order valence-corrected chi connectivity index (χ3v) is 1.78. The number of carboxylic acid groups (broad SMARTS) is 1. The molecule has 84 valence electrons. The number of nitrogens with zero attached hydrogens (tertiary/aromatic N) is 1. The number of hydrazone groups is 1. The molecule has 1 aromatic rings. The lowest BCUT2D eigenvalue weighted by molar-refractivity contribution is -0.129. The number of phenolic OH excluding ortho intramolecular Hbond substituents is 1. The van der Waals surface area contributed by atoms with Gasteiger partial charge in [-0.15, -0.1) is 0 Å². The van der Waals surface area contributed by atoms with Crippen LogP contribution in [-0.2, 0) is 4.79 Å². The Morgan fingerprint density at radius 1 is 1.31 bits per heavy atom. The maximum absolute atomic E-state index is 11.4. The van der Waals surface area contributed by atoms with E-state index in [-0.39, 0.29) is 17.0 Å². The predicted octanol–water partition coefficient (Wildman–Crippen LogP) is 0.583. The SMILES string of the molecule is CC(=NNC(=O)c1ccccc1O)C(=O)O. The zero-order valence-corrected chi connectivity index (χ0v) is 8.47. The minimum atomic E-state index is -1.22. The molecule has 3 N–H and O–H groups in total. The zero-order valence-electron chi connectivity index (χ0n) is 8.47. The number of para-hydroxylation sites is 1. The minimum Gasteiger partial charge on any atom is -0.507 e. The van der Waals surface area contributed by atoms with Gasteiger partial charge in [-0.25, -0.2) is 10.2 Å². The van der Waals surface area contributed by atoms with Gasteiger partial charge in [-0.1, -0.05) is 12.1 Å². The molecule has 0 aliphatic carbocycles. The van der Waals surface area contributed by atoms with E-state index in [0.717, 1.165) is 0 Å². The van der Waals surface area contributed by atoms with Crippen molar-refractivity contribution in [2.45, 2.75) is 6.92 Å². The van der Waals surface area contributed by atoms with Crippen LogP contribution < -0.4 is 5.43 Å². The number of carboxylic acids is 1. The van der Waals surface area contributed by atoms with Gasteiger partial charge in [0.2, 0.25) is 0 Å². The molecule has 0 aliphatic heterocycles. The van der Waals surface area contributed by atoms with Crippen molar-refractivity contribution in [1.82, 2.24) is 5.43 Å². The first-order valence-electron chi connectivity index (χ1n) is 4.38. The van der Waals surface area contributed by atoms with Crippen molar-refractivity contribution in [3.8, 4) is 5.75 Å². The van der Waals surface area contributed by atoms with Crippen molar-refractivity contribution in [1.29, 1.82) is 0 Å². The summed E-state index contributed by atoms with van der Waals surface area (Å²) in [7, 11) is 0. The highest BCUT2D eigenvalue weighted by Gasteiger charge is 2.10. The van der Waals surface area contributed by atoms with Crippen LogP contribution in [0.3, 0.4) is 0 Å². The van der Waals surface area contributed by atoms with Gasteiger partial charge in [0.25, 0.3) is 5.91 Å². The van der Waals surface area contributed by atoms with Gasteiger partial charge in [-0.3, -0.25) is 4.79 Å². The smallest absolute Gasteiger partial charge is 0.351 e. The Kier molecular flexibility index (Phi) is 3.60. The number of benzene rings is 1. The Labute approximate surface area is 91.2 Å². The molecule has 0 aromatic heterocycles. The summed E-state index contributed by atoms with van der Waals surface area (Å²) in [5.41, 5.74) is 1.81. The number of hydrogen-bond donors (Lipinski definition) is 3. The quantitative estimate of drug-likeness (QED) is 0.514. The van der Waals surface area contributed by atoms with Crippen LogP contribution in [0.4, 0.5) is 0 Å². The van der Waals surface area contributed by atoms with Crippen LogP contribution in [0.5, 0.6) is 5.75 Å². The van der Waals surface area contributed by atoms with Gasteiger partial charge in [0.15, 0.2) is 0 Å². The Morgan fingerprint density at radius 3 is 2.50 bits per heavy atom. The Morgan fingerprint density at radius 2 is 1.94 bits per heavy atom. The highest BCUT2D eigenvalue weighted by Crippen LogP contribution is 2.14. The first kappa shape index (κ1) is 11.7. The molecule has 0 fully saturated rings. The second-order valence-electron chi connectivity index (χ2n) is 2.96. The van der Waals surface area contributed by atoms with Crippen molar-refractivity contribution in [3.05, 3.63) is 29.8 Å². The van der Waals surface area contributed by atoms with Gasteiger partial charge in [0.1, 0.15) is 11.5 Å². The van der Waals surface area contributed by atoms with Crippen molar-refractivity contribution in [2.75, 3.05) is 0 Å². The summed E-state index contributed by atoms with van der Waals surface area (Å²) in [5.74, 6) is -2.08. The van der Waals surface area contributed by atoms with Crippen LogP contribution in [0.2, 0.25) is 0 Å². The van der Waals surface area contributed by atoms with Crippen molar-refractivity contribution in [3.63, 3.8) is 0 Å². The average molecular weight is 222 g/mol. The predicted molar refractivity (Wildman–Crippen MR) is 56.3 cm³/mol. The number of aliphatic carboxylic acids is 1. The molecule has 0 aliphatic rings. The summed E-state index contributed by atoms with van der Waals surface area (Å²) >= 11 is 0. The fourth-order valence-electron chi connectivity index (χ4n) is 0.908. The second-order valence-corrected chi connectivity index (χ2v) is 2.96. The summed E-state index contributed by atoms with van der Waals surface area (Å²) in [5, 5.41) is 21.2. The van der Waals surface area contributed by atoms with Gasteiger partial charge in [0, 0.05) is 0 Å². The number of nitrogens with one attached hydrogen (secondary N) is 1. The largest absolute Gasteiger partial charge is 0.507 e. The molecule has 0 atom stereocenters. The number of carbonyl (C=O) groups excluding carboxylic acids is 1. The summed E-state index contributed by atoms with van der Waals surface area (Å²) in [6.07, 6.45) is 0. The maximum Gasteiger partial charge on any atom is 0.351 e. The van der Waals surface area contributed by atoms with Crippen LogP contribution in [0.1, 0.15) is 17.3 Å². The first-order chi connectivity index (χ1) is 7.52. The monoisotopic (exact) mass is 222 g/mol. The highest BCUT2D eigenvalue weighted by molar-refractivity contribution is 6.34. The third kappa shape index (κ3) is 2.81. The van der Waals surface area contributed by atoms with Gasteiger partial charge in [-0.05, 0) is 19.1 Å². The molecule has 1 amide bonds. The Hall–Kier alpha value is -2.37. The number of carbonyl (C=O) groups is 2. The third-order valence-electron chi connectivity index (χ3n) is 1.78. The van der Waals surface area contributed by atoms with Gasteiger partial charge in [-0.2, -0.15) is 5.10 Å². The van der Waals surface area contributed by atoms with E-state index in [2.05, 4.69) is 5.10 Å². The molecule has 6 heteroatoms. The van der Waals surface area contributed by atoms with Crippen LogP contribution in [0, 0.1) is 0 Å². The molecule has 0 unspecified atom stereocenters. The molecule has 0 saturated heterocycles. The average Bonchev–Trinajstić information content (AvgIpc) is 2.25. The molecule has 6 nitrogen and oxygen atoms in total. The molecule has 16 heavy (non-hydrogen) atoms. The lowest BCUT2D eigenvalue weighted by atomic mass is 10.2. The van der Waals surface area contributed by atoms with E-state index in [9.17, 15) is 14.7 Å². The van der Waals surface area contributed by atoms with Crippen LogP contribution >= 0.6 is 0 Å². The summed E-state index contributed by atoms with van der Waals surface area (Å²) in [4.78, 5) is 21.8. The van der Waals surface area contributed by atoms with E-state index in [4.69, 9.17) is 5.11 Å². The minimum absolute atomic E-state index is 0.0319. The molecular weight excluding hydrogens is 212 g/mol. The number of hydrogen-bond acceptors (Lipinski definition) is 4. The van der Waals surface area contributed by atoms with E-state index < -0.39 is 11.9 Å². The lowest BCUT2D eigenvalue weighted by Gasteiger charge is -2.02. The highest BCUT2D eigenvalue weighted by atomic mass is 16.4. The number of amides is 1. The molecule has 0 heterocycles. The van der Waals surface area contributed by atoms with Crippen molar-refractivity contribution < 1.29 is 19.8 Å². The molecule has 0 bridgehead atoms. The maximum atomic E-state index is 11.4. The molecule has 1 rings (SSSR count). The van der Waals surface area contributed by atoms with E-state index in [0.29, 0.717) is 0 Å². The summed E-state index contributed by atoms with van der Waals surface area (Å²) in [6.45, 7) is 1.24. The standard InChI is InChI=1S/C10H10N2O4/c1-6(10(15)16)11-12-9(14)7-4-2-3-5-8(7)13/h2-5,13H,1H3,(H,12,14)(H,15,16). The van der Waals surface area contributed by atoms with Gasteiger partial charge in [0.05, 0.1) is 5.56 Å². The number of phenols is 1.